The van der Waals surface area contributed by atoms with Crippen molar-refractivity contribution in [3.63, 3.8) is 0 Å². The molecule has 2 aliphatic heterocycles. The van der Waals surface area contributed by atoms with Crippen molar-refractivity contribution in [3.8, 4) is 0 Å². The number of hydrogen-bond donors (Lipinski definition) is 3. The van der Waals surface area contributed by atoms with Crippen molar-refractivity contribution >= 4 is 24.2 Å². The van der Waals surface area contributed by atoms with Crippen molar-refractivity contribution < 1.29 is 9.59 Å². The zero-order valence-electron chi connectivity index (χ0n) is 17.3. The predicted octanol–water partition coefficient (Wildman–Crippen LogP) is 3.68. The topological polar surface area (TPSA) is 70.2 Å². The van der Waals surface area contributed by atoms with Crippen LogP contribution in [0.5, 0.6) is 0 Å². The summed E-state index contributed by atoms with van der Waals surface area (Å²) in [7, 11) is 0. The number of rotatable bonds is 6. The van der Waals surface area contributed by atoms with Crippen molar-refractivity contribution in [1.29, 1.82) is 0 Å². The van der Waals surface area contributed by atoms with Crippen LogP contribution in [0.3, 0.4) is 0 Å². The highest BCUT2D eigenvalue weighted by atomic mass is 35.5. The Kier molecular flexibility index (Phi) is 7.51. The molecule has 6 heteroatoms. The van der Waals surface area contributed by atoms with Gasteiger partial charge in [0.15, 0.2) is 0 Å². The monoisotopic (exact) mass is 427 g/mol. The highest BCUT2D eigenvalue weighted by Gasteiger charge is 2.34. The van der Waals surface area contributed by atoms with E-state index in [1.165, 1.54) is 12.8 Å². The molecule has 2 bridgehead atoms. The fraction of sp³-hybridized carbons (Fsp3) is 0.417. The molecule has 160 valence electrons. The molecule has 30 heavy (non-hydrogen) atoms. The summed E-state index contributed by atoms with van der Waals surface area (Å²) in [5.41, 5.74) is 2.65. The maximum atomic E-state index is 12.8. The van der Waals surface area contributed by atoms with Gasteiger partial charge in [-0.05, 0) is 50.3 Å². The lowest BCUT2D eigenvalue weighted by Gasteiger charge is -2.30. The lowest BCUT2D eigenvalue weighted by Crippen LogP contribution is -2.48. The molecule has 3 atom stereocenters. The van der Waals surface area contributed by atoms with Crippen LogP contribution < -0.4 is 16.0 Å². The summed E-state index contributed by atoms with van der Waals surface area (Å²) in [6.07, 6.45) is 4.63. The molecule has 3 unspecified atom stereocenters. The number of carbonyl (C=O) groups excluding carboxylic acids is 2. The molecule has 3 N–H and O–H groups in total. The number of benzene rings is 2. The number of piperidine rings is 1. The average Bonchev–Trinajstić information content (AvgIpc) is 3.06. The quantitative estimate of drug-likeness (QED) is 0.658. The molecule has 2 aromatic carbocycles. The van der Waals surface area contributed by atoms with Crippen LogP contribution in [0.4, 0.5) is 0 Å². The van der Waals surface area contributed by atoms with Gasteiger partial charge in [-0.1, -0.05) is 48.0 Å². The molecule has 0 aromatic heterocycles. The Morgan fingerprint density at radius 3 is 2.27 bits per heavy atom. The molecular weight excluding hydrogens is 398 g/mol. The van der Waals surface area contributed by atoms with Crippen molar-refractivity contribution in [2.24, 2.45) is 0 Å². The van der Waals surface area contributed by atoms with Crippen LogP contribution in [0.25, 0.3) is 0 Å². The minimum Gasteiger partial charge on any atom is -0.353 e. The van der Waals surface area contributed by atoms with E-state index in [1.54, 1.807) is 0 Å². The minimum atomic E-state index is -0.358. The first-order valence-corrected chi connectivity index (χ1v) is 10.5. The number of nitrogens with one attached hydrogen (secondary N) is 3. The van der Waals surface area contributed by atoms with Crippen molar-refractivity contribution in [2.45, 2.75) is 63.2 Å². The van der Waals surface area contributed by atoms with Crippen LogP contribution in [0.15, 0.2) is 54.6 Å². The predicted molar refractivity (Wildman–Crippen MR) is 121 cm³/mol. The molecule has 4 rings (SSSR count). The van der Waals surface area contributed by atoms with Crippen LogP contribution in [0, 0.1) is 6.92 Å². The van der Waals surface area contributed by atoms with E-state index in [2.05, 4.69) is 16.0 Å². The molecule has 2 aliphatic rings. The SMILES string of the molecule is Cc1ccc(C(=O)NC(CC(=O)NC2CC3CCC(C2)N3)c2ccccc2)cc1.Cl. The number of fused-ring (bicyclic) bond motifs is 2. The van der Waals surface area contributed by atoms with E-state index in [4.69, 9.17) is 0 Å². The molecular formula is C24H30ClN3O2. The molecule has 2 saturated heterocycles. The smallest absolute Gasteiger partial charge is 0.251 e. The minimum absolute atomic E-state index is 0. The molecule has 0 saturated carbocycles. The normalized spacial score (nSPS) is 23.2. The van der Waals surface area contributed by atoms with Crippen LogP contribution in [0.1, 0.15) is 59.6 Å². The summed E-state index contributed by atoms with van der Waals surface area (Å²) in [6.45, 7) is 1.99. The van der Waals surface area contributed by atoms with E-state index in [-0.39, 0.29) is 42.7 Å². The molecule has 0 radical (unpaired) electrons. The summed E-state index contributed by atoms with van der Waals surface area (Å²) in [5, 5.41) is 9.87. The van der Waals surface area contributed by atoms with Gasteiger partial charge in [0.25, 0.3) is 5.91 Å². The van der Waals surface area contributed by atoms with E-state index in [0.29, 0.717) is 17.6 Å². The fourth-order valence-corrected chi connectivity index (χ4v) is 4.53. The first kappa shape index (κ1) is 22.3. The Labute approximate surface area is 184 Å². The van der Waals surface area contributed by atoms with E-state index >= 15 is 0 Å². The van der Waals surface area contributed by atoms with Crippen LogP contribution in [-0.4, -0.2) is 29.9 Å². The molecule has 2 fully saturated rings. The summed E-state index contributed by atoms with van der Waals surface area (Å²) < 4.78 is 0. The highest BCUT2D eigenvalue weighted by Crippen LogP contribution is 2.27. The highest BCUT2D eigenvalue weighted by molar-refractivity contribution is 5.94. The van der Waals surface area contributed by atoms with E-state index < -0.39 is 0 Å². The number of hydrogen-bond acceptors (Lipinski definition) is 3. The van der Waals surface area contributed by atoms with Crippen LogP contribution in [-0.2, 0) is 4.79 Å². The zero-order chi connectivity index (χ0) is 20.2. The Bertz CT molecular complexity index is 845. The maximum absolute atomic E-state index is 12.8. The summed E-state index contributed by atoms with van der Waals surface area (Å²) >= 11 is 0. The molecule has 2 amide bonds. The molecule has 5 nitrogen and oxygen atoms in total. The third-order valence-electron chi connectivity index (χ3n) is 6.05. The average molecular weight is 428 g/mol. The third-order valence-corrected chi connectivity index (χ3v) is 6.05. The molecule has 0 spiro atoms. The van der Waals surface area contributed by atoms with Crippen molar-refractivity contribution in [2.75, 3.05) is 0 Å². The van der Waals surface area contributed by atoms with Gasteiger partial charge in [0, 0.05) is 23.7 Å². The van der Waals surface area contributed by atoms with Gasteiger partial charge < -0.3 is 16.0 Å². The standard InChI is InChI=1S/C24H29N3O2.ClH/c1-16-7-9-18(10-8-16)24(29)27-22(17-5-3-2-4-6-17)15-23(28)26-21-13-19-11-12-20(14-21)25-19;/h2-10,19-22,25H,11-15H2,1H3,(H,26,28)(H,27,29);1H. The summed E-state index contributed by atoms with van der Waals surface area (Å²) in [4.78, 5) is 25.6. The van der Waals surface area contributed by atoms with Crippen molar-refractivity contribution in [1.82, 2.24) is 16.0 Å². The Balaban J connectivity index is 0.00000256. The first-order valence-electron chi connectivity index (χ1n) is 10.5. The lowest BCUT2D eigenvalue weighted by molar-refractivity contribution is -0.122. The summed E-state index contributed by atoms with van der Waals surface area (Å²) in [6, 6.07) is 18.1. The largest absolute Gasteiger partial charge is 0.353 e. The van der Waals surface area contributed by atoms with Crippen molar-refractivity contribution in [3.05, 3.63) is 71.3 Å². The van der Waals surface area contributed by atoms with Crippen LogP contribution >= 0.6 is 12.4 Å². The second-order valence-corrected chi connectivity index (χ2v) is 8.38. The number of aryl methyl sites for hydroxylation is 1. The Morgan fingerprint density at radius 2 is 1.63 bits per heavy atom. The zero-order valence-corrected chi connectivity index (χ0v) is 18.1. The van der Waals surface area contributed by atoms with Gasteiger partial charge in [0.1, 0.15) is 0 Å². The summed E-state index contributed by atoms with van der Waals surface area (Å²) in [5.74, 6) is -0.166. The van der Waals surface area contributed by atoms with E-state index in [0.717, 1.165) is 24.0 Å². The second-order valence-electron chi connectivity index (χ2n) is 8.38. The van der Waals surface area contributed by atoms with E-state index in [1.807, 2.05) is 61.5 Å². The number of amides is 2. The first-order chi connectivity index (χ1) is 14.1. The van der Waals surface area contributed by atoms with Gasteiger partial charge in [-0.2, -0.15) is 0 Å². The number of carbonyl (C=O) groups is 2. The number of halogens is 1. The van der Waals surface area contributed by atoms with Gasteiger partial charge >= 0.3 is 0 Å². The van der Waals surface area contributed by atoms with E-state index in [9.17, 15) is 9.59 Å². The second kappa shape index (κ2) is 10.1. The van der Waals surface area contributed by atoms with Crippen LogP contribution in [0.2, 0.25) is 0 Å². The maximum Gasteiger partial charge on any atom is 0.251 e. The van der Waals surface area contributed by atoms with Gasteiger partial charge in [-0.25, -0.2) is 0 Å². The Hall–Kier alpha value is -2.37. The Morgan fingerprint density at radius 1 is 1.00 bits per heavy atom. The fourth-order valence-electron chi connectivity index (χ4n) is 4.53. The van der Waals surface area contributed by atoms with Gasteiger partial charge in [0.05, 0.1) is 12.5 Å². The van der Waals surface area contributed by atoms with Gasteiger partial charge in [-0.3, -0.25) is 9.59 Å². The lowest BCUT2D eigenvalue weighted by atomic mass is 9.98. The van der Waals surface area contributed by atoms with Gasteiger partial charge in [-0.15, -0.1) is 12.4 Å². The third kappa shape index (κ3) is 5.61. The molecule has 0 aliphatic carbocycles. The molecule has 2 heterocycles. The molecule has 2 aromatic rings. The van der Waals surface area contributed by atoms with Gasteiger partial charge in [0.2, 0.25) is 5.91 Å².